The Labute approximate surface area is 189 Å². The van der Waals surface area contributed by atoms with Gasteiger partial charge in [-0.3, -0.25) is 9.69 Å². The number of rotatable bonds is 6. The van der Waals surface area contributed by atoms with Crippen molar-refractivity contribution in [2.75, 3.05) is 24.4 Å². The van der Waals surface area contributed by atoms with E-state index in [1.54, 1.807) is 18.2 Å². The summed E-state index contributed by atoms with van der Waals surface area (Å²) in [6.45, 7) is 6.03. The maximum atomic E-state index is 13.4. The van der Waals surface area contributed by atoms with E-state index in [2.05, 4.69) is 41.5 Å². The molecule has 1 aliphatic heterocycles. The molecule has 2 aromatic carbocycles. The van der Waals surface area contributed by atoms with Gasteiger partial charge in [-0.25, -0.2) is 4.98 Å². The smallest absolute Gasteiger partial charge is 0.233 e. The maximum absolute atomic E-state index is 13.4. The number of nitrogens with one attached hydrogen (secondary N) is 1. The van der Waals surface area contributed by atoms with Crippen molar-refractivity contribution in [3.63, 3.8) is 0 Å². The van der Waals surface area contributed by atoms with Gasteiger partial charge >= 0.3 is 0 Å². The fourth-order valence-corrected chi connectivity index (χ4v) is 4.08. The third-order valence-electron chi connectivity index (χ3n) is 5.63. The zero-order valence-electron chi connectivity index (χ0n) is 19.2. The SMILES string of the molecule is CNc1ccc(N2C(=O)Cc3cc(OC)c(OC(C)C)cc3[C@@H]2c2ccc(C)cc2)nc1. The van der Waals surface area contributed by atoms with Gasteiger partial charge in [0.2, 0.25) is 5.91 Å². The van der Waals surface area contributed by atoms with Crippen LogP contribution in [0.2, 0.25) is 0 Å². The summed E-state index contributed by atoms with van der Waals surface area (Å²) in [4.78, 5) is 19.8. The molecule has 0 spiro atoms. The van der Waals surface area contributed by atoms with Crippen molar-refractivity contribution < 1.29 is 14.3 Å². The molecule has 6 nitrogen and oxygen atoms in total. The van der Waals surface area contributed by atoms with Crippen LogP contribution in [-0.4, -0.2) is 31.2 Å². The molecule has 1 aromatic heterocycles. The van der Waals surface area contributed by atoms with Crippen LogP contribution in [0.3, 0.4) is 0 Å². The van der Waals surface area contributed by atoms with Crippen molar-refractivity contribution in [1.82, 2.24) is 4.98 Å². The number of benzene rings is 2. The van der Waals surface area contributed by atoms with E-state index in [0.717, 1.165) is 27.9 Å². The van der Waals surface area contributed by atoms with E-state index in [1.807, 2.05) is 45.2 Å². The Bertz CT molecular complexity index is 1110. The number of ether oxygens (including phenoxy) is 2. The van der Waals surface area contributed by atoms with Gasteiger partial charge in [0, 0.05) is 7.05 Å². The van der Waals surface area contributed by atoms with Crippen LogP contribution < -0.4 is 19.7 Å². The van der Waals surface area contributed by atoms with Crippen LogP contribution in [0.15, 0.2) is 54.7 Å². The fraction of sp³-hybridized carbons (Fsp3) is 0.308. The van der Waals surface area contributed by atoms with Gasteiger partial charge in [-0.2, -0.15) is 0 Å². The summed E-state index contributed by atoms with van der Waals surface area (Å²) in [5.74, 6) is 1.92. The summed E-state index contributed by atoms with van der Waals surface area (Å²) in [5.41, 5.74) is 5.03. The molecule has 1 aliphatic rings. The molecule has 0 saturated heterocycles. The molecule has 32 heavy (non-hydrogen) atoms. The van der Waals surface area contributed by atoms with Gasteiger partial charge in [0.15, 0.2) is 11.5 Å². The number of pyridine rings is 1. The Morgan fingerprint density at radius 3 is 2.44 bits per heavy atom. The Hall–Kier alpha value is -3.54. The molecular formula is C26H29N3O3. The van der Waals surface area contributed by atoms with E-state index in [4.69, 9.17) is 9.47 Å². The highest BCUT2D eigenvalue weighted by molar-refractivity contribution is 5.97. The lowest BCUT2D eigenvalue weighted by Gasteiger charge is -2.37. The molecular weight excluding hydrogens is 402 g/mol. The van der Waals surface area contributed by atoms with Crippen molar-refractivity contribution >= 4 is 17.4 Å². The van der Waals surface area contributed by atoms with E-state index in [0.29, 0.717) is 17.3 Å². The highest BCUT2D eigenvalue weighted by atomic mass is 16.5. The van der Waals surface area contributed by atoms with Crippen LogP contribution >= 0.6 is 0 Å². The first-order valence-corrected chi connectivity index (χ1v) is 10.8. The summed E-state index contributed by atoms with van der Waals surface area (Å²) in [6.07, 6.45) is 2.01. The van der Waals surface area contributed by atoms with Gasteiger partial charge in [-0.1, -0.05) is 29.8 Å². The number of nitrogens with zero attached hydrogens (tertiary/aromatic N) is 2. The van der Waals surface area contributed by atoms with Crippen LogP contribution in [0, 0.1) is 6.92 Å². The highest BCUT2D eigenvalue weighted by Crippen LogP contribution is 2.43. The van der Waals surface area contributed by atoms with Crippen LogP contribution in [0.25, 0.3) is 0 Å². The molecule has 1 amide bonds. The minimum absolute atomic E-state index is 0.00291. The second-order valence-electron chi connectivity index (χ2n) is 8.28. The number of fused-ring (bicyclic) bond motifs is 1. The molecule has 0 unspecified atom stereocenters. The summed E-state index contributed by atoms with van der Waals surface area (Å²) in [7, 11) is 3.47. The molecule has 1 N–H and O–H groups in total. The Morgan fingerprint density at radius 1 is 1.09 bits per heavy atom. The van der Waals surface area contributed by atoms with Gasteiger partial charge in [-0.15, -0.1) is 0 Å². The summed E-state index contributed by atoms with van der Waals surface area (Å²) >= 11 is 0. The highest BCUT2D eigenvalue weighted by Gasteiger charge is 2.36. The number of carbonyl (C=O) groups excluding carboxylic acids is 1. The normalized spacial score (nSPS) is 15.5. The first kappa shape index (κ1) is 21.7. The number of carbonyl (C=O) groups is 1. The topological polar surface area (TPSA) is 63.7 Å². The third kappa shape index (κ3) is 4.13. The Morgan fingerprint density at radius 2 is 1.84 bits per heavy atom. The van der Waals surface area contributed by atoms with E-state index >= 15 is 0 Å². The number of anilines is 2. The molecule has 1 atom stereocenters. The van der Waals surface area contributed by atoms with Crippen LogP contribution in [0.4, 0.5) is 11.5 Å². The van der Waals surface area contributed by atoms with E-state index in [1.165, 1.54) is 0 Å². The van der Waals surface area contributed by atoms with Crippen LogP contribution in [0.1, 0.15) is 42.1 Å². The number of hydrogen-bond acceptors (Lipinski definition) is 5. The molecule has 0 aliphatic carbocycles. The molecule has 0 bridgehead atoms. The second kappa shape index (κ2) is 8.91. The average molecular weight is 432 g/mol. The average Bonchev–Trinajstić information content (AvgIpc) is 2.78. The molecule has 0 saturated carbocycles. The number of aromatic nitrogens is 1. The lowest BCUT2D eigenvalue weighted by Crippen LogP contribution is -2.41. The van der Waals surface area contributed by atoms with E-state index < -0.39 is 0 Å². The molecule has 6 heteroatoms. The van der Waals surface area contributed by atoms with Gasteiger partial charge < -0.3 is 14.8 Å². The largest absolute Gasteiger partial charge is 0.493 e. The monoisotopic (exact) mass is 431 g/mol. The summed E-state index contributed by atoms with van der Waals surface area (Å²) < 4.78 is 11.6. The van der Waals surface area contributed by atoms with E-state index in [-0.39, 0.29) is 24.5 Å². The molecule has 0 fully saturated rings. The van der Waals surface area contributed by atoms with Crippen LogP contribution in [0.5, 0.6) is 11.5 Å². The van der Waals surface area contributed by atoms with Gasteiger partial charge in [0.05, 0.1) is 37.6 Å². The van der Waals surface area contributed by atoms with Crippen molar-refractivity contribution in [3.8, 4) is 11.5 Å². The first-order valence-electron chi connectivity index (χ1n) is 10.8. The predicted molar refractivity (Wildman–Crippen MR) is 127 cm³/mol. The second-order valence-corrected chi connectivity index (χ2v) is 8.28. The predicted octanol–water partition coefficient (Wildman–Crippen LogP) is 4.91. The molecule has 0 radical (unpaired) electrons. The molecule has 166 valence electrons. The first-order chi connectivity index (χ1) is 15.4. The number of hydrogen-bond donors (Lipinski definition) is 1. The zero-order chi connectivity index (χ0) is 22.8. The van der Waals surface area contributed by atoms with Gasteiger partial charge in [-0.05, 0) is 61.7 Å². The quantitative estimate of drug-likeness (QED) is 0.601. The van der Waals surface area contributed by atoms with Gasteiger partial charge in [0.25, 0.3) is 0 Å². The minimum atomic E-state index is -0.319. The van der Waals surface area contributed by atoms with Crippen molar-refractivity contribution in [2.24, 2.45) is 0 Å². The van der Waals surface area contributed by atoms with Crippen molar-refractivity contribution in [2.45, 2.75) is 39.3 Å². The summed E-state index contributed by atoms with van der Waals surface area (Å²) in [5, 5.41) is 3.07. The maximum Gasteiger partial charge on any atom is 0.233 e. The standard InChI is InChI=1S/C26H29N3O3/c1-16(2)32-23-14-21-19(12-22(23)31-5)13-25(30)29(24-11-10-20(27-4)15-28-24)26(21)18-8-6-17(3)7-9-18/h6-12,14-16,26-27H,13H2,1-5H3/t26-/m0/s1. The fourth-order valence-electron chi connectivity index (χ4n) is 4.08. The van der Waals surface area contributed by atoms with Crippen LogP contribution in [-0.2, 0) is 11.2 Å². The van der Waals surface area contributed by atoms with Crippen molar-refractivity contribution in [3.05, 3.63) is 77.0 Å². The number of amides is 1. The van der Waals surface area contributed by atoms with E-state index in [9.17, 15) is 4.79 Å². The lowest BCUT2D eigenvalue weighted by atomic mass is 9.87. The minimum Gasteiger partial charge on any atom is -0.493 e. The third-order valence-corrected chi connectivity index (χ3v) is 5.63. The molecule has 2 heterocycles. The molecule has 3 aromatic rings. The Balaban J connectivity index is 1.90. The lowest BCUT2D eigenvalue weighted by molar-refractivity contribution is -0.118. The van der Waals surface area contributed by atoms with Gasteiger partial charge in [0.1, 0.15) is 5.82 Å². The molecule has 4 rings (SSSR count). The zero-order valence-corrected chi connectivity index (χ0v) is 19.2. The number of aryl methyl sites for hydroxylation is 1. The Kier molecular flexibility index (Phi) is 6.04. The summed E-state index contributed by atoms with van der Waals surface area (Å²) in [6, 6.07) is 15.7. The number of methoxy groups -OCH3 is 1. The van der Waals surface area contributed by atoms with Crippen molar-refractivity contribution in [1.29, 1.82) is 0 Å².